The van der Waals surface area contributed by atoms with Crippen LogP contribution < -0.4 is 5.69 Å². The molecule has 0 saturated carbocycles. The van der Waals surface area contributed by atoms with Gasteiger partial charge in [0.15, 0.2) is 0 Å². The number of carboxylic acid groups (broad SMARTS) is 1. The first-order valence-corrected chi connectivity index (χ1v) is 5.64. The highest BCUT2D eigenvalue weighted by molar-refractivity contribution is 6.00. The number of benzene rings is 1. The molecule has 2 aromatic heterocycles. The summed E-state index contributed by atoms with van der Waals surface area (Å²) in [7, 11) is 0. The first-order chi connectivity index (χ1) is 9.16. The Kier molecular flexibility index (Phi) is 2.49. The van der Waals surface area contributed by atoms with E-state index in [1.807, 2.05) is 0 Å². The molecule has 2 heterocycles. The van der Waals surface area contributed by atoms with Crippen LogP contribution in [0.15, 0.2) is 45.8 Å². The standard InChI is InChI=1S/C13H10N2O4/c16-12(17)9-4-1-5-10-11(9)14-13(18)15(10)7-8-3-2-6-19-8/h1-6H,7H2,(H,14,18)(H,16,17). The predicted molar refractivity (Wildman–Crippen MR) is 67.3 cm³/mol. The van der Waals surface area contributed by atoms with Crippen LogP contribution in [0.25, 0.3) is 11.0 Å². The normalized spacial score (nSPS) is 10.9. The van der Waals surface area contributed by atoms with Crippen molar-refractivity contribution in [3.8, 4) is 0 Å². The summed E-state index contributed by atoms with van der Waals surface area (Å²) in [6.07, 6.45) is 1.53. The van der Waals surface area contributed by atoms with E-state index >= 15 is 0 Å². The summed E-state index contributed by atoms with van der Waals surface area (Å²) < 4.78 is 6.64. The van der Waals surface area contributed by atoms with E-state index in [1.165, 1.54) is 16.9 Å². The Hall–Kier alpha value is -2.76. The SMILES string of the molecule is O=C(O)c1cccc2c1[nH]c(=O)n2Cc1ccco1. The van der Waals surface area contributed by atoms with Gasteiger partial charge in [-0.1, -0.05) is 6.07 Å². The zero-order valence-corrected chi connectivity index (χ0v) is 9.79. The third-order valence-electron chi connectivity index (χ3n) is 2.93. The van der Waals surface area contributed by atoms with Gasteiger partial charge in [0.1, 0.15) is 5.76 Å². The van der Waals surface area contributed by atoms with Crippen molar-refractivity contribution in [1.29, 1.82) is 0 Å². The van der Waals surface area contributed by atoms with Crippen molar-refractivity contribution < 1.29 is 14.3 Å². The fourth-order valence-corrected chi connectivity index (χ4v) is 2.07. The number of fused-ring (bicyclic) bond motifs is 1. The topological polar surface area (TPSA) is 88.2 Å². The largest absolute Gasteiger partial charge is 0.478 e. The molecule has 19 heavy (non-hydrogen) atoms. The number of furan rings is 1. The number of para-hydroxylation sites is 1. The van der Waals surface area contributed by atoms with E-state index in [4.69, 9.17) is 9.52 Å². The van der Waals surface area contributed by atoms with Crippen LogP contribution in [0.1, 0.15) is 16.1 Å². The molecule has 0 aliphatic rings. The maximum absolute atomic E-state index is 11.9. The highest BCUT2D eigenvalue weighted by Crippen LogP contribution is 2.16. The van der Waals surface area contributed by atoms with E-state index in [1.54, 1.807) is 24.3 Å². The third-order valence-corrected chi connectivity index (χ3v) is 2.93. The van der Waals surface area contributed by atoms with Gasteiger partial charge in [-0.15, -0.1) is 0 Å². The van der Waals surface area contributed by atoms with Crippen LogP contribution in [-0.2, 0) is 6.54 Å². The van der Waals surface area contributed by atoms with E-state index in [0.29, 0.717) is 16.8 Å². The zero-order valence-electron chi connectivity index (χ0n) is 9.79. The monoisotopic (exact) mass is 258 g/mol. The van der Waals surface area contributed by atoms with Gasteiger partial charge in [0.05, 0.1) is 29.4 Å². The van der Waals surface area contributed by atoms with E-state index < -0.39 is 5.97 Å². The summed E-state index contributed by atoms with van der Waals surface area (Å²) in [5.74, 6) is -0.444. The number of hydrogen-bond donors (Lipinski definition) is 2. The quantitative estimate of drug-likeness (QED) is 0.747. The van der Waals surface area contributed by atoms with Crippen LogP contribution in [0.3, 0.4) is 0 Å². The highest BCUT2D eigenvalue weighted by Gasteiger charge is 2.14. The minimum Gasteiger partial charge on any atom is -0.478 e. The van der Waals surface area contributed by atoms with Gasteiger partial charge >= 0.3 is 11.7 Å². The van der Waals surface area contributed by atoms with Crippen LogP contribution in [0.5, 0.6) is 0 Å². The number of aromatic nitrogens is 2. The lowest BCUT2D eigenvalue weighted by Crippen LogP contribution is -2.16. The molecule has 0 aliphatic heterocycles. The molecular weight excluding hydrogens is 248 g/mol. The Balaban J connectivity index is 2.20. The molecule has 0 bridgehead atoms. The Morgan fingerprint density at radius 3 is 2.84 bits per heavy atom. The van der Waals surface area contributed by atoms with Crippen molar-refractivity contribution in [2.24, 2.45) is 0 Å². The Labute approximate surface area is 106 Å². The summed E-state index contributed by atoms with van der Waals surface area (Å²) in [5, 5.41) is 9.09. The third kappa shape index (κ3) is 1.83. The number of H-pyrrole nitrogens is 1. The summed E-state index contributed by atoms with van der Waals surface area (Å²) in [4.78, 5) is 25.6. The molecule has 3 rings (SSSR count). The maximum atomic E-state index is 11.9. The van der Waals surface area contributed by atoms with Crippen molar-refractivity contribution >= 4 is 17.0 Å². The molecular formula is C13H10N2O4. The van der Waals surface area contributed by atoms with Gasteiger partial charge in [-0.2, -0.15) is 0 Å². The number of rotatable bonds is 3. The van der Waals surface area contributed by atoms with Crippen molar-refractivity contribution in [3.63, 3.8) is 0 Å². The molecule has 0 radical (unpaired) electrons. The number of nitrogens with one attached hydrogen (secondary N) is 1. The second-order valence-electron chi connectivity index (χ2n) is 4.10. The van der Waals surface area contributed by atoms with Crippen molar-refractivity contribution in [2.75, 3.05) is 0 Å². The molecule has 2 N–H and O–H groups in total. The Bertz CT molecular complexity index is 796. The highest BCUT2D eigenvalue weighted by atomic mass is 16.4. The molecule has 0 amide bonds. The average molecular weight is 258 g/mol. The summed E-state index contributed by atoms with van der Waals surface area (Å²) in [6.45, 7) is 0.259. The van der Waals surface area contributed by atoms with E-state index in [0.717, 1.165) is 0 Å². The van der Waals surface area contributed by atoms with Crippen molar-refractivity contribution in [1.82, 2.24) is 9.55 Å². The maximum Gasteiger partial charge on any atom is 0.337 e. The number of aromatic amines is 1. The molecule has 0 fully saturated rings. The lowest BCUT2D eigenvalue weighted by atomic mass is 10.2. The summed E-state index contributed by atoms with van der Waals surface area (Å²) in [6, 6.07) is 8.25. The number of imidazole rings is 1. The second-order valence-corrected chi connectivity index (χ2v) is 4.10. The van der Waals surface area contributed by atoms with Gasteiger partial charge in [0, 0.05) is 0 Å². The first kappa shape index (κ1) is 11.3. The van der Waals surface area contributed by atoms with Crippen molar-refractivity contribution in [2.45, 2.75) is 6.54 Å². The zero-order chi connectivity index (χ0) is 13.4. The number of nitrogens with zero attached hydrogens (tertiary/aromatic N) is 1. The number of hydrogen-bond acceptors (Lipinski definition) is 3. The number of carboxylic acids is 1. The lowest BCUT2D eigenvalue weighted by Gasteiger charge is -2.01. The number of carbonyl (C=O) groups is 1. The van der Waals surface area contributed by atoms with E-state index in [9.17, 15) is 9.59 Å². The molecule has 6 nitrogen and oxygen atoms in total. The summed E-state index contributed by atoms with van der Waals surface area (Å²) >= 11 is 0. The van der Waals surface area contributed by atoms with E-state index in [-0.39, 0.29) is 17.8 Å². The average Bonchev–Trinajstić information content (AvgIpc) is 2.98. The minimum atomic E-state index is -1.07. The fourth-order valence-electron chi connectivity index (χ4n) is 2.07. The molecule has 0 saturated heterocycles. The van der Waals surface area contributed by atoms with Crippen LogP contribution in [0.4, 0.5) is 0 Å². The molecule has 6 heteroatoms. The molecule has 3 aromatic rings. The Morgan fingerprint density at radius 1 is 1.32 bits per heavy atom. The number of aromatic carboxylic acids is 1. The van der Waals surface area contributed by atoms with Crippen molar-refractivity contribution in [3.05, 3.63) is 58.4 Å². The lowest BCUT2D eigenvalue weighted by molar-refractivity contribution is 0.0699. The molecule has 0 atom stereocenters. The van der Waals surface area contributed by atoms with Gasteiger partial charge in [0.25, 0.3) is 0 Å². The smallest absolute Gasteiger partial charge is 0.337 e. The van der Waals surface area contributed by atoms with Gasteiger partial charge in [-0.05, 0) is 24.3 Å². The van der Waals surface area contributed by atoms with Crippen LogP contribution in [0, 0.1) is 0 Å². The summed E-state index contributed by atoms with van der Waals surface area (Å²) in [5.41, 5.74) is 0.584. The van der Waals surface area contributed by atoms with Crippen LogP contribution >= 0.6 is 0 Å². The minimum absolute atomic E-state index is 0.0767. The van der Waals surface area contributed by atoms with E-state index in [2.05, 4.69) is 4.98 Å². The van der Waals surface area contributed by atoms with Gasteiger partial charge in [0.2, 0.25) is 0 Å². The molecule has 1 aromatic carbocycles. The molecule has 0 aliphatic carbocycles. The molecule has 96 valence electrons. The Morgan fingerprint density at radius 2 is 2.16 bits per heavy atom. The van der Waals surface area contributed by atoms with Crippen LogP contribution in [0.2, 0.25) is 0 Å². The molecule has 0 spiro atoms. The molecule has 0 unspecified atom stereocenters. The first-order valence-electron chi connectivity index (χ1n) is 5.64. The predicted octanol–water partition coefficient (Wildman–Crippen LogP) is 1.67. The fraction of sp³-hybridized carbons (Fsp3) is 0.0769. The van der Waals surface area contributed by atoms with Crippen LogP contribution in [-0.4, -0.2) is 20.6 Å². The van der Waals surface area contributed by atoms with Gasteiger partial charge < -0.3 is 14.5 Å². The second kappa shape index (κ2) is 4.16. The van der Waals surface area contributed by atoms with Gasteiger partial charge in [-0.25, -0.2) is 9.59 Å². The van der Waals surface area contributed by atoms with Gasteiger partial charge in [-0.3, -0.25) is 4.57 Å².